The highest BCUT2D eigenvalue weighted by Gasteiger charge is 2.34. The number of carboxylic acid groups (broad SMARTS) is 1. The maximum absolute atomic E-state index is 12.8. The lowest BCUT2D eigenvalue weighted by Crippen LogP contribution is -2.45. The Balaban J connectivity index is 1.79. The number of carbonyl (C=O) groups is 2. The van der Waals surface area contributed by atoms with Crippen LogP contribution in [0.5, 0.6) is 0 Å². The number of rotatable bonds is 3. The number of hydrogen-bond donors (Lipinski definition) is 1. The summed E-state index contributed by atoms with van der Waals surface area (Å²) >= 11 is 5.90. The quantitative estimate of drug-likeness (QED) is 0.911. The van der Waals surface area contributed by atoms with Gasteiger partial charge in [-0.3, -0.25) is 9.59 Å². The monoisotopic (exact) mass is 361 g/mol. The summed E-state index contributed by atoms with van der Waals surface area (Å²) in [5.74, 6) is -1.34. The largest absolute Gasteiger partial charge is 0.481 e. The number of aryl methyl sites for hydroxylation is 1. The van der Waals surface area contributed by atoms with Crippen LogP contribution in [0.4, 0.5) is 0 Å². The zero-order chi connectivity index (χ0) is 18.1. The normalized spacial score (nSPS) is 20.5. The fourth-order valence-corrected chi connectivity index (χ4v) is 3.39. The number of hydrogen-bond acceptors (Lipinski definition) is 3. The number of aromatic nitrogens is 2. The smallest absolute Gasteiger partial charge is 0.306 e. The lowest BCUT2D eigenvalue weighted by atomic mass is 9.87. The van der Waals surface area contributed by atoms with E-state index in [1.54, 1.807) is 34.8 Å². The third-order valence-corrected chi connectivity index (χ3v) is 4.98. The van der Waals surface area contributed by atoms with Crippen molar-refractivity contribution < 1.29 is 14.7 Å². The number of benzene rings is 1. The Bertz CT molecular complexity index is 800. The number of aliphatic carboxylic acids is 1. The maximum atomic E-state index is 12.8. The van der Waals surface area contributed by atoms with Crippen LogP contribution in [0.25, 0.3) is 5.69 Å². The number of likely N-dealkylation sites (tertiary alicyclic amines) is 1. The van der Waals surface area contributed by atoms with Gasteiger partial charge in [0, 0.05) is 24.3 Å². The van der Waals surface area contributed by atoms with Gasteiger partial charge in [-0.1, -0.05) is 18.5 Å². The highest BCUT2D eigenvalue weighted by molar-refractivity contribution is 6.30. The van der Waals surface area contributed by atoms with Crippen LogP contribution in [0.3, 0.4) is 0 Å². The first-order valence-electron chi connectivity index (χ1n) is 8.21. The van der Waals surface area contributed by atoms with E-state index in [1.165, 1.54) is 0 Å². The van der Waals surface area contributed by atoms with E-state index in [4.69, 9.17) is 11.6 Å². The first-order valence-corrected chi connectivity index (χ1v) is 8.59. The van der Waals surface area contributed by atoms with E-state index in [1.807, 2.05) is 19.1 Å². The van der Waals surface area contributed by atoms with E-state index in [9.17, 15) is 14.7 Å². The zero-order valence-corrected chi connectivity index (χ0v) is 14.9. The third-order valence-electron chi connectivity index (χ3n) is 4.73. The molecule has 2 heterocycles. The number of halogens is 1. The summed E-state index contributed by atoms with van der Waals surface area (Å²) in [5, 5.41) is 14.3. The fraction of sp³-hybridized carbons (Fsp3) is 0.389. The predicted octanol–water partition coefficient (Wildman–Crippen LogP) is 3.02. The molecule has 3 rings (SSSR count). The van der Waals surface area contributed by atoms with E-state index < -0.39 is 5.97 Å². The molecule has 0 saturated carbocycles. The van der Waals surface area contributed by atoms with Crippen LogP contribution in [-0.2, 0) is 4.79 Å². The third kappa shape index (κ3) is 3.54. The van der Waals surface area contributed by atoms with Crippen molar-refractivity contribution in [2.45, 2.75) is 20.3 Å². The molecule has 1 aliphatic heterocycles. The van der Waals surface area contributed by atoms with Crippen LogP contribution in [-0.4, -0.2) is 44.8 Å². The van der Waals surface area contributed by atoms with Crippen molar-refractivity contribution in [2.75, 3.05) is 13.1 Å². The highest BCUT2D eigenvalue weighted by Crippen LogP contribution is 2.25. The van der Waals surface area contributed by atoms with Crippen LogP contribution in [0.1, 0.15) is 29.4 Å². The van der Waals surface area contributed by atoms with Gasteiger partial charge in [0.25, 0.3) is 5.91 Å². The van der Waals surface area contributed by atoms with Gasteiger partial charge in [0.2, 0.25) is 0 Å². The van der Waals surface area contributed by atoms with Crippen molar-refractivity contribution in [1.29, 1.82) is 0 Å². The second-order valence-electron chi connectivity index (χ2n) is 6.51. The molecule has 1 saturated heterocycles. The minimum absolute atomic E-state index is 0.0678. The van der Waals surface area contributed by atoms with Gasteiger partial charge in [-0.05, 0) is 43.5 Å². The molecule has 2 atom stereocenters. The van der Waals surface area contributed by atoms with Crippen LogP contribution in [0, 0.1) is 18.8 Å². The molecule has 0 spiro atoms. The summed E-state index contributed by atoms with van der Waals surface area (Å²) in [7, 11) is 0. The predicted molar refractivity (Wildman–Crippen MR) is 94.1 cm³/mol. The number of nitrogens with zero attached hydrogens (tertiary/aromatic N) is 3. The second-order valence-corrected chi connectivity index (χ2v) is 6.95. The molecular weight excluding hydrogens is 342 g/mol. The molecule has 0 bridgehead atoms. The van der Waals surface area contributed by atoms with Crippen molar-refractivity contribution in [1.82, 2.24) is 14.7 Å². The maximum Gasteiger partial charge on any atom is 0.306 e. The molecule has 0 radical (unpaired) electrons. The molecule has 1 N–H and O–H groups in total. The Labute approximate surface area is 151 Å². The van der Waals surface area contributed by atoms with Gasteiger partial charge in [-0.15, -0.1) is 0 Å². The Kier molecular flexibility index (Phi) is 4.81. The molecule has 1 aromatic carbocycles. The average molecular weight is 362 g/mol. The van der Waals surface area contributed by atoms with Crippen molar-refractivity contribution in [3.05, 3.63) is 46.7 Å². The van der Waals surface area contributed by atoms with E-state index in [0.29, 0.717) is 35.8 Å². The molecule has 2 unspecified atom stereocenters. The molecule has 1 amide bonds. The van der Waals surface area contributed by atoms with Crippen molar-refractivity contribution in [2.24, 2.45) is 11.8 Å². The summed E-state index contributed by atoms with van der Waals surface area (Å²) in [6.45, 7) is 4.57. The van der Waals surface area contributed by atoms with Crippen molar-refractivity contribution >= 4 is 23.5 Å². The molecule has 2 aromatic rings. The van der Waals surface area contributed by atoms with E-state index in [0.717, 1.165) is 5.69 Å². The van der Waals surface area contributed by atoms with E-state index in [2.05, 4.69) is 5.10 Å². The molecule has 1 aliphatic rings. The molecule has 1 aromatic heterocycles. The summed E-state index contributed by atoms with van der Waals surface area (Å²) in [4.78, 5) is 25.8. The molecular formula is C18H20ClN3O3. The average Bonchev–Trinajstić information content (AvgIpc) is 2.96. The Morgan fingerprint density at radius 1 is 1.28 bits per heavy atom. The van der Waals surface area contributed by atoms with Crippen LogP contribution in [0.2, 0.25) is 5.02 Å². The van der Waals surface area contributed by atoms with Crippen LogP contribution < -0.4 is 0 Å². The van der Waals surface area contributed by atoms with Crippen molar-refractivity contribution in [3.8, 4) is 5.69 Å². The number of piperidine rings is 1. The SMILES string of the molecule is Cc1nn(-c2ccc(Cl)cc2)cc1C(=O)N1CCC(C(=O)O)C(C)C1. The molecule has 25 heavy (non-hydrogen) atoms. The Morgan fingerprint density at radius 2 is 1.96 bits per heavy atom. The van der Waals surface area contributed by atoms with Gasteiger partial charge in [-0.25, -0.2) is 4.68 Å². The number of carbonyl (C=O) groups excluding carboxylic acids is 1. The summed E-state index contributed by atoms with van der Waals surface area (Å²) in [6, 6.07) is 7.22. The van der Waals surface area contributed by atoms with Gasteiger partial charge in [-0.2, -0.15) is 5.10 Å². The summed E-state index contributed by atoms with van der Waals surface area (Å²) in [6.07, 6.45) is 2.20. The molecule has 1 fully saturated rings. The molecule has 0 aliphatic carbocycles. The number of amides is 1. The lowest BCUT2D eigenvalue weighted by molar-refractivity contribution is -0.145. The van der Waals surface area contributed by atoms with E-state index in [-0.39, 0.29) is 17.7 Å². The van der Waals surface area contributed by atoms with Gasteiger partial charge < -0.3 is 10.0 Å². The number of carboxylic acids is 1. The Hall–Kier alpha value is -2.34. The molecule has 6 nitrogen and oxygen atoms in total. The topological polar surface area (TPSA) is 75.4 Å². The molecule has 132 valence electrons. The van der Waals surface area contributed by atoms with Gasteiger partial charge in [0.15, 0.2) is 0 Å². The fourth-order valence-electron chi connectivity index (χ4n) is 3.26. The second kappa shape index (κ2) is 6.88. The van der Waals surface area contributed by atoms with Gasteiger partial charge >= 0.3 is 5.97 Å². The van der Waals surface area contributed by atoms with Crippen LogP contribution >= 0.6 is 11.6 Å². The van der Waals surface area contributed by atoms with E-state index >= 15 is 0 Å². The van der Waals surface area contributed by atoms with Gasteiger partial charge in [0.05, 0.1) is 22.9 Å². The lowest BCUT2D eigenvalue weighted by Gasteiger charge is -2.34. The minimum Gasteiger partial charge on any atom is -0.481 e. The standard InChI is InChI=1S/C18H20ClN3O3/c1-11-9-21(8-7-15(11)18(24)25)17(23)16-10-22(20-12(16)2)14-5-3-13(19)4-6-14/h3-6,10-11,15H,7-9H2,1-2H3,(H,24,25). The van der Waals surface area contributed by atoms with Crippen LogP contribution in [0.15, 0.2) is 30.5 Å². The summed E-state index contributed by atoms with van der Waals surface area (Å²) < 4.78 is 1.66. The van der Waals surface area contributed by atoms with Crippen molar-refractivity contribution in [3.63, 3.8) is 0 Å². The summed E-state index contributed by atoms with van der Waals surface area (Å²) in [5.41, 5.74) is 2.01. The van der Waals surface area contributed by atoms with Gasteiger partial charge in [0.1, 0.15) is 0 Å². The first-order chi connectivity index (χ1) is 11.9. The highest BCUT2D eigenvalue weighted by atomic mass is 35.5. The Morgan fingerprint density at radius 3 is 2.56 bits per heavy atom. The minimum atomic E-state index is -0.786. The first kappa shape index (κ1) is 17.5. The zero-order valence-electron chi connectivity index (χ0n) is 14.1. The molecule has 7 heteroatoms.